The molecule has 1 rings (SSSR count). The molecule has 0 aliphatic rings. The summed E-state index contributed by atoms with van der Waals surface area (Å²) < 4.78 is 0. The molecule has 1 aromatic rings. The van der Waals surface area contributed by atoms with Crippen LogP contribution >= 0.6 is 0 Å². The van der Waals surface area contributed by atoms with Crippen molar-refractivity contribution in [2.24, 2.45) is 0 Å². The van der Waals surface area contributed by atoms with Gasteiger partial charge in [-0.1, -0.05) is 30.3 Å². The molecule has 0 bridgehead atoms. The van der Waals surface area contributed by atoms with Gasteiger partial charge in [-0.2, -0.15) is 0 Å². The summed E-state index contributed by atoms with van der Waals surface area (Å²) in [4.78, 5) is 37.3. The zero-order chi connectivity index (χ0) is 17.2. The Morgan fingerprint density at radius 3 is 2.30 bits per heavy atom. The van der Waals surface area contributed by atoms with Crippen molar-refractivity contribution in [2.45, 2.75) is 26.2 Å². The molecule has 0 saturated heterocycles. The molecule has 0 radical (unpaired) electrons. The number of nitrogens with zero attached hydrogens (tertiary/aromatic N) is 2. The number of likely N-dealkylation sites (N-methyl/N-ethyl adjacent to an activating group) is 1. The Kier molecular flexibility index (Phi) is 7.80. The minimum Gasteiger partial charge on any atom is -0.481 e. The molecule has 0 spiro atoms. The SMILES string of the molecule is CC(=O)N(CCc1ccccc1)CC(=O)N(C)CCCC(=O)O. The van der Waals surface area contributed by atoms with Gasteiger partial charge in [-0.15, -0.1) is 0 Å². The van der Waals surface area contributed by atoms with Gasteiger partial charge in [0.1, 0.15) is 0 Å². The van der Waals surface area contributed by atoms with Crippen molar-refractivity contribution in [2.75, 3.05) is 26.7 Å². The van der Waals surface area contributed by atoms with E-state index in [9.17, 15) is 14.4 Å². The molecule has 0 aromatic heterocycles. The fraction of sp³-hybridized carbons (Fsp3) is 0.471. The first kappa shape index (κ1) is 18.7. The third kappa shape index (κ3) is 7.44. The molecular formula is C17H24N2O4. The van der Waals surface area contributed by atoms with Crippen LogP contribution in [0.3, 0.4) is 0 Å². The van der Waals surface area contributed by atoms with Crippen LogP contribution in [0.4, 0.5) is 0 Å². The van der Waals surface area contributed by atoms with Gasteiger partial charge in [0.15, 0.2) is 0 Å². The first-order valence-corrected chi connectivity index (χ1v) is 7.65. The summed E-state index contributed by atoms with van der Waals surface area (Å²) in [7, 11) is 1.62. The molecule has 0 saturated carbocycles. The first-order chi connectivity index (χ1) is 10.9. The fourth-order valence-corrected chi connectivity index (χ4v) is 2.13. The van der Waals surface area contributed by atoms with Gasteiger partial charge in [0.2, 0.25) is 11.8 Å². The number of benzene rings is 1. The second kappa shape index (κ2) is 9.61. The van der Waals surface area contributed by atoms with Gasteiger partial charge >= 0.3 is 5.97 Å². The largest absolute Gasteiger partial charge is 0.481 e. The van der Waals surface area contributed by atoms with E-state index in [2.05, 4.69) is 0 Å². The quantitative estimate of drug-likeness (QED) is 0.746. The van der Waals surface area contributed by atoms with E-state index >= 15 is 0 Å². The summed E-state index contributed by atoms with van der Waals surface area (Å²) in [5.41, 5.74) is 1.11. The summed E-state index contributed by atoms with van der Waals surface area (Å²) >= 11 is 0. The van der Waals surface area contributed by atoms with Gasteiger partial charge in [-0.25, -0.2) is 0 Å². The Labute approximate surface area is 136 Å². The number of carboxylic acid groups (broad SMARTS) is 1. The van der Waals surface area contributed by atoms with Crippen LogP contribution in [0.1, 0.15) is 25.3 Å². The van der Waals surface area contributed by atoms with Gasteiger partial charge in [0, 0.05) is 33.5 Å². The number of aliphatic carboxylic acids is 1. The number of amides is 2. The van der Waals surface area contributed by atoms with E-state index in [1.54, 1.807) is 7.05 Å². The lowest BCUT2D eigenvalue weighted by Crippen LogP contribution is -2.41. The Morgan fingerprint density at radius 1 is 1.09 bits per heavy atom. The van der Waals surface area contributed by atoms with Gasteiger partial charge in [-0.05, 0) is 18.4 Å². The standard InChI is InChI=1S/C17H24N2O4/c1-14(20)19(12-10-15-7-4-3-5-8-15)13-16(21)18(2)11-6-9-17(22)23/h3-5,7-8H,6,9-13H2,1-2H3,(H,22,23). The van der Waals surface area contributed by atoms with Gasteiger partial charge in [0.05, 0.1) is 6.54 Å². The minimum absolute atomic E-state index is 0.0196. The number of carboxylic acids is 1. The highest BCUT2D eigenvalue weighted by molar-refractivity contribution is 5.83. The topological polar surface area (TPSA) is 77.9 Å². The molecule has 0 aliphatic heterocycles. The van der Waals surface area contributed by atoms with Crippen LogP contribution in [0.2, 0.25) is 0 Å². The van der Waals surface area contributed by atoms with Crippen molar-refractivity contribution in [3.8, 4) is 0 Å². The molecule has 0 unspecified atom stereocenters. The Morgan fingerprint density at radius 2 is 1.74 bits per heavy atom. The molecule has 126 valence electrons. The molecule has 0 heterocycles. The lowest BCUT2D eigenvalue weighted by molar-refractivity contribution is -0.139. The third-order valence-electron chi connectivity index (χ3n) is 3.59. The molecular weight excluding hydrogens is 296 g/mol. The van der Waals surface area contributed by atoms with Crippen molar-refractivity contribution in [3.05, 3.63) is 35.9 Å². The highest BCUT2D eigenvalue weighted by atomic mass is 16.4. The zero-order valence-electron chi connectivity index (χ0n) is 13.7. The van der Waals surface area contributed by atoms with E-state index in [4.69, 9.17) is 5.11 Å². The van der Waals surface area contributed by atoms with Crippen molar-refractivity contribution in [1.29, 1.82) is 0 Å². The highest BCUT2D eigenvalue weighted by Crippen LogP contribution is 2.03. The summed E-state index contributed by atoms with van der Waals surface area (Å²) in [5, 5.41) is 8.61. The van der Waals surface area contributed by atoms with Crippen LogP contribution in [-0.4, -0.2) is 59.4 Å². The second-order valence-corrected chi connectivity index (χ2v) is 5.49. The van der Waals surface area contributed by atoms with Crippen LogP contribution in [0.15, 0.2) is 30.3 Å². The maximum absolute atomic E-state index is 12.1. The van der Waals surface area contributed by atoms with Crippen LogP contribution in [0, 0.1) is 0 Å². The fourth-order valence-electron chi connectivity index (χ4n) is 2.13. The Hall–Kier alpha value is -2.37. The Balaban J connectivity index is 2.46. The van der Waals surface area contributed by atoms with Gasteiger partial charge < -0.3 is 14.9 Å². The lowest BCUT2D eigenvalue weighted by Gasteiger charge is -2.24. The van der Waals surface area contributed by atoms with Crippen LogP contribution in [0.5, 0.6) is 0 Å². The minimum atomic E-state index is -0.876. The van der Waals surface area contributed by atoms with E-state index in [0.29, 0.717) is 25.9 Å². The maximum atomic E-state index is 12.1. The lowest BCUT2D eigenvalue weighted by atomic mass is 10.1. The summed E-state index contributed by atoms with van der Waals surface area (Å²) in [6.07, 6.45) is 1.13. The molecule has 1 aromatic carbocycles. The number of rotatable bonds is 9. The monoisotopic (exact) mass is 320 g/mol. The average molecular weight is 320 g/mol. The number of carbonyl (C=O) groups is 3. The third-order valence-corrected chi connectivity index (χ3v) is 3.59. The molecule has 1 N–H and O–H groups in total. The Bertz CT molecular complexity index is 531. The highest BCUT2D eigenvalue weighted by Gasteiger charge is 2.16. The molecule has 23 heavy (non-hydrogen) atoms. The smallest absolute Gasteiger partial charge is 0.303 e. The normalized spacial score (nSPS) is 10.2. The number of carbonyl (C=O) groups excluding carboxylic acids is 2. The summed E-state index contributed by atoms with van der Waals surface area (Å²) in [5.74, 6) is -1.20. The predicted molar refractivity (Wildman–Crippen MR) is 86.9 cm³/mol. The molecule has 0 aliphatic carbocycles. The van der Waals surface area contributed by atoms with Crippen LogP contribution in [0.25, 0.3) is 0 Å². The van der Waals surface area contributed by atoms with Crippen molar-refractivity contribution >= 4 is 17.8 Å². The van der Waals surface area contributed by atoms with Gasteiger partial charge in [-0.3, -0.25) is 14.4 Å². The summed E-state index contributed by atoms with van der Waals surface area (Å²) in [6, 6.07) is 9.78. The molecule has 0 fully saturated rings. The summed E-state index contributed by atoms with van der Waals surface area (Å²) in [6.45, 7) is 2.32. The van der Waals surface area contributed by atoms with Crippen LogP contribution < -0.4 is 0 Å². The zero-order valence-corrected chi connectivity index (χ0v) is 13.7. The maximum Gasteiger partial charge on any atom is 0.303 e. The molecule has 2 amide bonds. The molecule has 6 heteroatoms. The van der Waals surface area contributed by atoms with Crippen molar-refractivity contribution in [3.63, 3.8) is 0 Å². The van der Waals surface area contributed by atoms with E-state index < -0.39 is 5.97 Å². The van der Waals surface area contributed by atoms with Crippen LogP contribution in [-0.2, 0) is 20.8 Å². The van der Waals surface area contributed by atoms with Gasteiger partial charge in [0.25, 0.3) is 0 Å². The average Bonchev–Trinajstić information content (AvgIpc) is 2.51. The van der Waals surface area contributed by atoms with Crippen molar-refractivity contribution < 1.29 is 19.5 Å². The molecule has 6 nitrogen and oxygen atoms in total. The van der Waals surface area contributed by atoms with E-state index in [-0.39, 0.29) is 24.8 Å². The number of hydrogen-bond donors (Lipinski definition) is 1. The number of hydrogen-bond acceptors (Lipinski definition) is 3. The molecule has 0 atom stereocenters. The predicted octanol–water partition coefficient (Wildman–Crippen LogP) is 1.40. The second-order valence-electron chi connectivity index (χ2n) is 5.49. The van der Waals surface area contributed by atoms with Crippen molar-refractivity contribution in [1.82, 2.24) is 9.80 Å². The van der Waals surface area contributed by atoms with E-state index in [1.807, 2.05) is 30.3 Å². The van der Waals surface area contributed by atoms with E-state index in [0.717, 1.165) is 5.56 Å². The first-order valence-electron chi connectivity index (χ1n) is 7.65. The van der Waals surface area contributed by atoms with E-state index in [1.165, 1.54) is 16.7 Å².